The number of hydrogen-bond acceptors (Lipinski definition) is 2. The largest absolute Gasteiger partial charge is 0.399 e. The molecule has 0 bridgehead atoms. The Bertz CT molecular complexity index is 374. The molecule has 0 fully saturated rings. The molecule has 0 saturated heterocycles. The molecule has 0 radical (unpaired) electrons. The van der Waals surface area contributed by atoms with Crippen molar-refractivity contribution < 1.29 is 4.79 Å². The van der Waals surface area contributed by atoms with Crippen molar-refractivity contribution in [3.8, 4) is 0 Å². The predicted molar refractivity (Wildman–Crippen MR) is 57.2 cm³/mol. The fraction of sp³-hybridized carbons (Fsp3) is 0.364. The van der Waals surface area contributed by atoms with E-state index in [1.54, 1.807) is 0 Å². The van der Waals surface area contributed by atoms with Gasteiger partial charge in [0.15, 0.2) is 0 Å². The first-order valence-corrected chi connectivity index (χ1v) is 4.91. The number of carbonyl (C=O) groups is 1. The van der Waals surface area contributed by atoms with Gasteiger partial charge >= 0.3 is 0 Å². The van der Waals surface area contributed by atoms with Crippen molar-refractivity contribution in [3.05, 3.63) is 23.8 Å². The number of fused-ring (bicyclic) bond motifs is 1. The van der Waals surface area contributed by atoms with Crippen LogP contribution in [0.3, 0.4) is 0 Å². The quantitative estimate of drug-likeness (QED) is 0.683. The minimum absolute atomic E-state index is 0.175. The van der Waals surface area contributed by atoms with E-state index in [9.17, 15) is 4.79 Å². The van der Waals surface area contributed by atoms with Crippen LogP contribution in [0.5, 0.6) is 0 Å². The van der Waals surface area contributed by atoms with Gasteiger partial charge in [0.1, 0.15) is 0 Å². The summed E-state index contributed by atoms with van der Waals surface area (Å²) in [6, 6.07) is 5.78. The summed E-state index contributed by atoms with van der Waals surface area (Å²) in [5.74, 6) is 0.175. The van der Waals surface area contributed by atoms with Gasteiger partial charge in [-0.05, 0) is 24.1 Å². The fourth-order valence-corrected chi connectivity index (χ4v) is 1.85. The van der Waals surface area contributed by atoms with Gasteiger partial charge in [-0.25, -0.2) is 0 Å². The minimum Gasteiger partial charge on any atom is -0.399 e. The van der Waals surface area contributed by atoms with E-state index in [-0.39, 0.29) is 5.91 Å². The second-order valence-corrected chi connectivity index (χ2v) is 3.54. The van der Waals surface area contributed by atoms with Gasteiger partial charge in [-0.2, -0.15) is 0 Å². The molecule has 14 heavy (non-hydrogen) atoms. The van der Waals surface area contributed by atoms with Crippen LogP contribution < -0.4 is 10.6 Å². The van der Waals surface area contributed by atoms with Crippen LogP contribution in [0.1, 0.15) is 18.9 Å². The predicted octanol–water partition coefficient (Wildman–Crippen LogP) is 1.57. The average Bonchev–Trinajstić information content (AvgIpc) is 2.59. The van der Waals surface area contributed by atoms with E-state index >= 15 is 0 Å². The summed E-state index contributed by atoms with van der Waals surface area (Å²) in [6.07, 6.45) is 1.50. The smallest absolute Gasteiger partial charge is 0.226 e. The summed E-state index contributed by atoms with van der Waals surface area (Å²) in [5, 5.41) is 0. The Morgan fingerprint density at radius 1 is 1.57 bits per heavy atom. The number of nitrogens with zero attached hydrogens (tertiary/aromatic N) is 1. The average molecular weight is 190 g/mol. The Morgan fingerprint density at radius 3 is 3.07 bits per heavy atom. The molecule has 3 heteroatoms. The third kappa shape index (κ3) is 1.35. The molecule has 2 rings (SSSR count). The van der Waals surface area contributed by atoms with Crippen LogP contribution in [0.4, 0.5) is 11.4 Å². The van der Waals surface area contributed by atoms with Crippen LogP contribution in [0.15, 0.2) is 18.2 Å². The van der Waals surface area contributed by atoms with Gasteiger partial charge in [0.2, 0.25) is 5.91 Å². The summed E-state index contributed by atoms with van der Waals surface area (Å²) in [6.45, 7) is 2.68. The van der Waals surface area contributed by atoms with Gasteiger partial charge in [-0.15, -0.1) is 0 Å². The molecule has 0 atom stereocenters. The Balaban J connectivity index is 2.38. The van der Waals surface area contributed by atoms with Gasteiger partial charge in [0.05, 0.1) is 0 Å². The molecular weight excluding hydrogens is 176 g/mol. The highest BCUT2D eigenvalue weighted by molar-refractivity contribution is 5.95. The van der Waals surface area contributed by atoms with Gasteiger partial charge in [0.25, 0.3) is 0 Å². The molecule has 2 N–H and O–H groups in total. The van der Waals surface area contributed by atoms with Gasteiger partial charge in [-0.1, -0.05) is 13.0 Å². The second kappa shape index (κ2) is 3.33. The van der Waals surface area contributed by atoms with E-state index in [0.717, 1.165) is 24.3 Å². The molecule has 1 aromatic carbocycles. The van der Waals surface area contributed by atoms with Gasteiger partial charge in [0, 0.05) is 24.3 Å². The standard InChI is InChI=1S/C11H14N2O/c1-2-11(14)13-6-5-8-3-4-9(12)7-10(8)13/h3-4,7H,2,5-6,12H2,1H3. The van der Waals surface area contributed by atoms with Gasteiger partial charge < -0.3 is 10.6 Å². The van der Waals surface area contributed by atoms with E-state index in [0.29, 0.717) is 6.42 Å². The lowest BCUT2D eigenvalue weighted by Gasteiger charge is -2.16. The molecule has 1 aliphatic rings. The van der Waals surface area contributed by atoms with E-state index in [1.807, 2.05) is 30.0 Å². The lowest BCUT2D eigenvalue weighted by Crippen LogP contribution is -2.27. The summed E-state index contributed by atoms with van der Waals surface area (Å²) in [5.41, 5.74) is 8.64. The van der Waals surface area contributed by atoms with Crippen LogP contribution in [-0.4, -0.2) is 12.5 Å². The third-order valence-corrected chi connectivity index (χ3v) is 2.61. The molecule has 74 valence electrons. The molecule has 1 aromatic rings. The molecule has 0 spiro atoms. The first-order chi connectivity index (χ1) is 6.72. The molecule has 1 amide bonds. The number of amides is 1. The molecular formula is C11H14N2O. The SMILES string of the molecule is CCC(=O)N1CCc2ccc(N)cc21. The Morgan fingerprint density at radius 2 is 2.36 bits per heavy atom. The molecule has 0 aliphatic carbocycles. The zero-order chi connectivity index (χ0) is 10.1. The van der Waals surface area contributed by atoms with Crippen molar-refractivity contribution in [2.45, 2.75) is 19.8 Å². The number of rotatable bonds is 1. The molecule has 0 unspecified atom stereocenters. The number of anilines is 2. The topological polar surface area (TPSA) is 46.3 Å². The van der Waals surface area contributed by atoms with Crippen LogP contribution in [-0.2, 0) is 11.2 Å². The van der Waals surface area contributed by atoms with Crippen LogP contribution in [0.25, 0.3) is 0 Å². The first-order valence-electron chi connectivity index (χ1n) is 4.91. The molecule has 0 aromatic heterocycles. The highest BCUT2D eigenvalue weighted by atomic mass is 16.2. The van der Waals surface area contributed by atoms with E-state index in [1.165, 1.54) is 5.56 Å². The molecule has 1 heterocycles. The van der Waals surface area contributed by atoms with E-state index in [4.69, 9.17) is 5.73 Å². The summed E-state index contributed by atoms with van der Waals surface area (Å²) >= 11 is 0. The number of benzene rings is 1. The van der Waals surface area contributed by atoms with Crippen molar-refractivity contribution in [1.82, 2.24) is 0 Å². The minimum atomic E-state index is 0.175. The van der Waals surface area contributed by atoms with Crippen molar-refractivity contribution in [2.24, 2.45) is 0 Å². The first kappa shape index (κ1) is 9.06. The lowest BCUT2D eigenvalue weighted by molar-refractivity contribution is -0.118. The third-order valence-electron chi connectivity index (χ3n) is 2.61. The number of nitrogen functional groups attached to an aromatic ring is 1. The van der Waals surface area contributed by atoms with Gasteiger partial charge in [-0.3, -0.25) is 4.79 Å². The maximum absolute atomic E-state index is 11.6. The monoisotopic (exact) mass is 190 g/mol. The highest BCUT2D eigenvalue weighted by Gasteiger charge is 2.23. The fourth-order valence-electron chi connectivity index (χ4n) is 1.85. The van der Waals surface area contributed by atoms with Crippen molar-refractivity contribution in [2.75, 3.05) is 17.2 Å². The second-order valence-electron chi connectivity index (χ2n) is 3.54. The highest BCUT2D eigenvalue weighted by Crippen LogP contribution is 2.30. The number of carbonyl (C=O) groups excluding carboxylic acids is 1. The van der Waals surface area contributed by atoms with Crippen LogP contribution in [0, 0.1) is 0 Å². The van der Waals surface area contributed by atoms with Crippen molar-refractivity contribution in [1.29, 1.82) is 0 Å². The zero-order valence-corrected chi connectivity index (χ0v) is 8.29. The summed E-state index contributed by atoms with van der Waals surface area (Å²) in [4.78, 5) is 13.4. The summed E-state index contributed by atoms with van der Waals surface area (Å²) in [7, 11) is 0. The Hall–Kier alpha value is -1.51. The molecule has 0 saturated carbocycles. The number of hydrogen-bond donors (Lipinski definition) is 1. The van der Waals surface area contributed by atoms with E-state index in [2.05, 4.69) is 0 Å². The Labute approximate surface area is 83.5 Å². The maximum Gasteiger partial charge on any atom is 0.226 e. The van der Waals surface area contributed by atoms with Crippen LogP contribution >= 0.6 is 0 Å². The molecule has 1 aliphatic heterocycles. The maximum atomic E-state index is 11.6. The normalized spacial score (nSPS) is 14.2. The summed E-state index contributed by atoms with van der Waals surface area (Å²) < 4.78 is 0. The Kier molecular flexibility index (Phi) is 2.15. The number of nitrogens with two attached hydrogens (primary N) is 1. The van der Waals surface area contributed by atoms with Crippen molar-refractivity contribution >= 4 is 17.3 Å². The molecule has 3 nitrogen and oxygen atoms in total. The van der Waals surface area contributed by atoms with E-state index < -0.39 is 0 Å². The lowest BCUT2D eigenvalue weighted by atomic mass is 10.1. The zero-order valence-electron chi connectivity index (χ0n) is 8.29. The van der Waals surface area contributed by atoms with Crippen molar-refractivity contribution in [3.63, 3.8) is 0 Å². The van der Waals surface area contributed by atoms with Crippen LogP contribution in [0.2, 0.25) is 0 Å².